The Hall–Kier alpha value is -2.76. The molecule has 5 nitrogen and oxygen atoms in total. The van der Waals surface area contributed by atoms with Crippen LogP contribution in [0.25, 0.3) is 5.57 Å². The number of aliphatic hydroxyl groups excluding tert-OH is 1. The van der Waals surface area contributed by atoms with Crippen LogP contribution in [-0.2, 0) is 11.2 Å². The third-order valence-corrected chi connectivity index (χ3v) is 7.70. The number of nitrogens with one attached hydrogen (secondary N) is 1. The van der Waals surface area contributed by atoms with E-state index in [1.807, 2.05) is 35.4 Å². The van der Waals surface area contributed by atoms with Crippen LogP contribution in [-0.4, -0.2) is 53.9 Å². The topological polar surface area (TPSA) is 64.9 Å². The maximum absolute atomic E-state index is 14.0. The fourth-order valence-electron chi connectivity index (χ4n) is 5.86. The first-order valence-corrected chi connectivity index (χ1v) is 12.8. The summed E-state index contributed by atoms with van der Waals surface area (Å²) in [5.41, 5.74) is 3.91. The second kappa shape index (κ2) is 10.7. The quantitative estimate of drug-likeness (QED) is 0.687. The van der Waals surface area contributed by atoms with Crippen molar-refractivity contribution in [2.45, 2.75) is 50.7 Å². The Labute approximate surface area is 202 Å². The second-order valence-electron chi connectivity index (χ2n) is 9.83. The van der Waals surface area contributed by atoms with Crippen molar-refractivity contribution >= 4 is 17.7 Å². The molecule has 2 aliphatic heterocycles. The Morgan fingerprint density at radius 1 is 1.03 bits per heavy atom. The molecule has 4 atom stereocenters. The predicted molar refractivity (Wildman–Crippen MR) is 136 cm³/mol. The van der Waals surface area contributed by atoms with Crippen molar-refractivity contribution in [3.05, 3.63) is 77.5 Å². The lowest BCUT2D eigenvalue weighted by Gasteiger charge is -2.37. The van der Waals surface area contributed by atoms with E-state index in [4.69, 9.17) is 4.99 Å². The average molecular weight is 458 g/mol. The van der Waals surface area contributed by atoms with Crippen molar-refractivity contribution in [3.8, 4) is 0 Å². The zero-order valence-electron chi connectivity index (χ0n) is 19.8. The van der Waals surface area contributed by atoms with Gasteiger partial charge in [-0.15, -0.1) is 0 Å². The van der Waals surface area contributed by atoms with Gasteiger partial charge in [0.2, 0.25) is 0 Å². The minimum absolute atomic E-state index is 0.0117. The van der Waals surface area contributed by atoms with Crippen molar-refractivity contribution in [1.82, 2.24) is 10.2 Å². The molecule has 1 amide bonds. The Bertz CT molecular complexity index is 1030. The highest BCUT2D eigenvalue weighted by Gasteiger charge is 2.39. The Balaban J connectivity index is 1.43. The molecule has 2 aromatic rings. The number of rotatable bonds is 6. The number of aliphatic hydroxyl groups is 1. The fourth-order valence-corrected chi connectivity index (χ4v) is 5.86. The largest absolute Gasteiger partial charge is 0.393 e. The lowest BCUT2D eigenvalue weighted by atomic mass is 9.74. The number of nitrogens with zero attached hydrogens (tertiary/aromatic N) is 2. The minimum atomic E-state index is -0.337. The van der Waals surface area contributed by atoms with Crippen molar-refractivity contribution < 1.29 is 9.90 Å². The minimum Gasteiger partial charge on any atom is -0.393 e. The summed E-state index contributed by atoms with van der Waals surface area (Å²) in [7, 11) is 0. The number of carbonyl (C=O) groups excluding carboxylic acids is 1. The molecule has 5 heteroatoms. The van der Waals surface area contributed by atoms with Crippen LogP contribution < -0.4 is 5.32 Å². The highest BCUT2D eigenvalue weighted by molar-refractivity contribution is 6.08. The first-order chi connectivity index (χ1) is 16.7. The number of amides is 1. The van der Waals surface area contributed by atoms with Gasteiger partial charge in [0.05, 0.1) is 6.10 Å². The average Bonchev–Trinajstić information content (AvgIpc) is 3.33. The van der Waals surface area contributed by atoms with Gasteiger partial charge >= 0.3 is 0 Å². The molecule has 3 aliphatic rings. The van der Waals surface area contributed by atoms with E-state index in [0.29, 0.717) is 12.2 Å². The highest BCUT2D eigenvalue weighted by Crippen LogP contribution is 2.42. The van der Waals surface area contributed by atoms with Crippen molar-refractivity contribution in [1.29, 1.82) is 0 Å². The molecular formula is C29H35N3O2. The van der Waals surface area contributed by atoms with Crippen LogP contribution in [0.1, 0.15) is 43.2 Å². The van der Waals surface area contributed by atoms with Crippen LogP contribution in [0.4, 0.5) is 0 Å². The normalized spacial score (nSPS) is 27.3. The summed E-state index contributed by atoms with van der Waals surface area (Å²) >= 11 is 0. The van der Waals surface area contributed by atoms with E-state index in [1.54, 1.807) is 0 Å². The van der Waals surface area contributed by atoms with Crippen molar-refractivity contribution in [2.24, 2.45) is 16.8 Å². The molecule has 2 N–H and O–H groups in total. The maximum atomic E-state index is 14.0. The van der Waals surface area contributed by atoms with Crippen molar-refractivity contribution in [3.63, 3.8) is 0 Å². The molecule has 5 rings (SSSR count). The van der Waals surface area contributed by atoms with Gasteiger partial charge in [0.15, 0.2) is 0 Å². The van der Waals surface area contributed by atoms with Crippen LogP contribution >= 0.6 is 0 Å². The number of benzene rings is 2. The number of piperazine rings is 1. The molecule has 0 spiro atoms. The number of hydrogen-bond donors (Lipinski definition) is 2. The van der Waals surface area contributed by atoms with Gasteiger partial charge in [0, 0.05) is 37.8 Å². The number of allylic oxidation sites excluding steroid dienone is 1. The summed E-state index contributed by atoms with van der Waals surface area (Å²) in [6.07, 6.45) is 7.47. The van der Waals surface area contributed by atoms with Gasteiger partial charge in [0.25, 0.3) is 5.91 Å². The first kappa shape index (κ1) is 23.0. The lowest BCUT2D eigenvalue weighted by molar-refractivity contribution is -0.130. The molecule has 1 aliphatic carbocycles. The van der Waals surface area contributed by atoms with Gasteiger partial charge in [0.1, 0.15) is 5.70 Å². The molecule has 2 unspecified atom stereocenters. The van der Waals surface area contributed by atoms with Gasteiger partial charge in [-0.1, -0.05) is 73.5 Å². The smallest absolute Gasteiger partial charge is 0.273 e. The number of hydrogen-bond acceptors (Lipinski definition) is 4. The van der Waals surface area contributed by atoms with E-state index >= 15 is 0 Å². The summed E-state index contributed by atoms with van der Waals surface area (Å²) in [5, 5.41) is 14.3. The van der Waals surface area contributed by atoms with E-state index in [-0.39, 0.29) is 29.9 Å². The Morgan fingerprint density at radius 2 is 1.76 bits per heavy atom. The zero-order chi connectivity index (χ0) is 23.3. The number of aliphatic imine (C=N–C) groups is 1. The van der Waals surface area contributed by atoms with E-state index in [2.05, 4.69) is 41.7 Å². The van der Waals surface area contributed by atoms with Crippen LogP contribution in [0.2, 0.25) is 0 Å². The molecule has 2 fully saturated rings. The van der Waals surface area contributed by atoms with Gasteiger partial charge in [-0.05, 0) is 48.3 Å². The van der Waals surface area contributed by atoms with E-state index in [1.165, 1.54) is 5.56 Å². The molecule has 2 heterocycles. The molecule has 1 saturated heterocycles. The maximum Gasteiger partial charge on any atom is 0.273 e. The van der Waals surface area contributed by atoms with Crippen LogP contribution in [0, 0.1) is 11.8 Å². The zero-order valence-corrected chi connectivity index (χ0v) is 19.8. The number of carbonyl (C=O) groups is 1. The van der Waals surface area contributed by atoms with E-state index < -0.39 is 0 Å². The first-order valence-electron chi connectivity index (χ1n) is 12.8. The Morgan fingerprint density at radius 3 is 2.53 bits per heavy atom. The third-order valence-electron chi connectivity index (χ3n) is 7.70. The summed E-state index contributed by atoms with van der Waals surface area (Å²) < 4.78 is 0. The van der Waals surface area contributed by atoms with Gasteiger partial charge in [-0.2, -0.15) is 0 Å². The van der Waals surface area contributed by atoms with Gasteiger partial charge in [-0.25, -0.2) is 0 Å². The summed E-state index contributed by atoms with van der Waals surface area (Å²) in [6.45, 7) is 2.30. The summed E-state index contributed by atoms with van der Waals surface area (Å²) in [5.74, 6) is 0.139. The molecular weight excluding hydrogens is 422 g/mol. The molecule has 178 valence electrons. The van der Waals surface area contributed by atoms with Crippen LogP contribution in [0.3, 0.4) is 0 Å². The molecule has 34 heavy (non-hydrogen) atoms. The lowest BCUT2D eigenvalue weighted by Crippen LogP contribution is -2.54. The van der Waals surface area contributed by atoms with E-state index in [0.717, 1.165) is 62.8 Å². The van der Waals surface area contributed by atoms with Crippen LogP contribution in [0.5, 0.6) is 0 Å². The second-order valence-corrected chi connectivity index (χ2v) is 9.83. The van der Waals surface area contributed by atoms with Gasteiger partial charge < -0.3 is 15.3 Å². The monoisotopic (exact) mass is 457 g/mol. The van der Waals surface area contributed by atoms with Crippen LogP contribution in [0.15, 0.2) is 71.4 Å². The summed E-state index contributed by atoms with van der Waals surface area (Å²) in [6, 6.07) is 20.8. The third kappa shape index (κ3) is 4.86. The van der Waals surface area contributed by atoms with E-state index in [9.17, 15) is 9.90 Å². The Kier molecular flexibility index (Phi) is 7.21. The van der Waals surface area contributed by atoms with Crippen molar-refractivity contribution in [2.75, 3.05) is 19.6 Å². The molecule has 1 saturated carbocycles. The molecule has 0 bridgehead atoms. The molecule has 0 aromatic heterocycles. The summed E-state index contributed by atoms with van der Waals surface area (Å²) in [4.78, 5) is 20.8. The van der Waals surface area contributed by atoms with Gasteiger partial charge in [-0.3, -0.25) is 9.79 Å². The standard InChI is InChI=1S/C29H35N3O2/c33-26-14-8-7-13-24(26)25-20-31-28(27(25)22-11-5-2-6-12-22)29(34)32-18-17-30-19-23(32)16-15-21-9-3-1-4-10-21/h1-6,9-12,20,23-26,30,33H,7-8,13-19H2/t23?,24-,25?,26-/m1/s1. The predicted octanol–water partition coefficient (Wildman–Crippen LogP) is 4.08. The highest BCUT2D eigenvalue weighted by atomic mass is 16.3. The SMILES string of the molecule is O=C(C1=C(c2ccccc2)C([C@H]2CCCC[C@H]2O)C=N1)N1CCNCC1CCc1ccccc1. The fraction of sp³-hybridized carbons (Fsp3) is 0.448. The molecule has 0 radical (unpaired) electrons. The number of aryl methyl sites for hydroxylation is 1. The molecule has 2 aromatic carbocycles.